The molecule has 0 aliphatic heterocycles. The summed E-state index contributed by atoms with van der Waals surface area (Å²) in [6.07, 6.45) is -4.75. The molecule has 0 aliphatic carbocycles. The Labute approximate surface area is 101 Å². The molecular weight excluding hydrogens is 254 g/mol. The molecule has 0 spiro atoms. The number of carbonyl (C=O) groups is 1. The SMILES string of the molecule is CCOC(=O)CN(c1ccc(F)cc1)C(F)(F)F. The van der Waals surface area contributed by atoms with Crippen LogP contribution in [0.3, 0.4) is 0 Å². The summed E-state index contributed by atoms with van der Waals surface area (Å²) < 4.78 is 55.3. The van der Waals surface area contributed by atoms with Crippen molar-refractivity contribution in [2.75, 3.05) is 18.1 Å². The summed E-state index contributed by atoms with van der Waals surface area (Å²) in [5.41, 5.74) is -0.322. The van der Waals surface area contributed by atoms with E-state index in [2.05, 4.69) is 4.74 Å². The zero-order valence-electron chi connectivity index (χ0n) is 9.50. The predicted molar refractivity (Wildman–Crippen MR) is 56.4 cm³/mol. The summed E-state index contributed by atoms with van der Waals surface area (Å²) in [6, 6.07) is 3.67. The number of benzene rings is 1. The number of halogens is 4. The van der Waals surface area contributed by atoms with Crippen molar-refractivity contribution in [3.63, 3.8) is 0 Å². The van der Waals surface area contributed by atoms with Crippen molar-refractivity contribution in [1.29, 1.82) is 0 Å². The fourth-order valence-corrected chi connectivity index (χ4v) is 1.28. The second-order valence-electron chi connectivity index (χ2n) is 3.34. The predicted octanol–water partition coefficient (Wildman–Crippen LogP) is 2.72. The minimum absolute atomic E-state index is 0.00600. The molecule has 0 N–H and O–H groups in total. The molecule has 0 heterocycles. The van der Waals surface area contributed by atoms with Crippen LogP contribution in [-0.4, -0.2) is 25.4 Å². The maximum Gasteiger partial charge on any atom is 0.485 e. The molecule has 18 heavy (non-hydrogen) atoms. The third-order valence-electron chi connectivity index (χ3n) is 2.04. The molecular formula is C11H11F4NO2. The van der Waals surface area contributed by atoms with Crippen LogP contribution in [0.4, 0.5) is 23.2 Å². The van der Waals surface area contributed by atoms with Crippen LogP contribution in [0.15, 0.2) is 24.3 Å². The number of esters is 1. The van der Waals surface area contributed by atoms with Crippen LogP contribution in [-0.2, 0) is 9.53 Å². The van der Waals surface area contributed by atoms with Crippen molar-refractivity contribution in [3.8, 4) is 0 Å². The molecule has 0 radical (unpaired) electrons. The van der Waals surface area contributed by atoms with Crippen molar-refractivity contribution in [1.82, 2.24) is 0 Å². The van der Waals surface area contributed by atoms with Gasteiger partial charge in [0.2, 0.25) is 0 Å². The molecule has 0 unspecified atom stereocenters. The molecule has 0 aliphatic rings. The fraction of sp³-hybridized carbons (Fsp3) is 0.364. The van der Waals surface area contributed by atoms with E-state index in [9.17, 15) is 22.4 Å². The van der Waals surface area contributed by atoms with E-state index in [1.165, 1.54) is 6.92 Å². The highest BCUT2D eigenvalue weighted by atomic mass is 19.4. The first-order valence-electron chi connectivity index (χ1n) is 5.10. The van der Waals surface area contributed by atoms with Crippen molar-refractivity contribution in [2.24, 2.45) is 0 Å². The molecule has 1 aromatic carbocycles. The van der Waals surface area contributed by atoms with Gasteiger partial charge in [-0.1, -0.05) is 0 Å². The number of rotatable bonds is 4. The van der Waals surface area contributed by atoms with Crippen molar-refractivity contribution >= 4 is 11.7 Å². The Morgan fingerprint density at radius 1 is 1.28 bits per heavy atom. The van der Waals surface area contributed by atoms with Crippen LogP contribution in [0.2, 0.25) is 0 Å². The topological polar surface area (TPSA) is 29.5 Å². The molecule has 0 saturated heterocycles. The number of ether oxygens (including phenoxy) is 1. The molecule has 0 amide bonds. The standard InChI is InChI=1S/C11H11F4NO2/c1-2-18-10(17)7-16(11(13,14)15)9-5-3-8(12)4-6-9/h3-6H,2,7H2,1H3. The Kier molecular flexibility index (Phi) is 4.52. The summed E-state index contributed by atoms with van der Waals surface area (Å²) >= 11 is 0. The van der Waals surface area contributed by atoms with E-state index in [0.29, 0.717) is 0 Å². The monoisotopic (exact) mass is 265 g/mol. The second kappa shape index (κ2) is 5.70. The first-order chi connectivity index (χ1) is 8.34. The van der Waals surface area contributed by atoms with Gasteiger partial charge in [0, 0.05) is 5.69 Å². The molecule has 1 aromatic rings. The number of alkyl halides is 3. The van der Waals surface area contributed by atoms with Gasteiger partial charge in [0.15, 0.2) is 0 Å². The van der Waals surface area contributed by atoms with Crippen LogP contribution in [0, 0.1) is 5.82 Å². The fourth-order valence-electron chi connectivity index (χ4n) is 1.28. The third kappa shape index (κ3) is 3.90. The molecule has 0 saturated carbocycles. The largest absolute Gasteiger partial charge is 0.485 e. The van der Waals surface area contributed by atoms with Gasteiger partial charge in [0.05, 0.1) is 6.61 Å². The lowest BCUT2D eigenvalue weighted by molar-refractivity contribution is -0.151. The highest BCUT2D eigenvalue weighted by Gasteiger charge is 2.39. The van der Waals surface area contributed by atoms with Gasteiger partial charge < -0.3 is 4.74 Å². The normalized spacial score (nSPS) is 11.2. The van der Waals surface area contributed by atoms with Crippen LogP contribution in [0.5, 0.6) is 0 Å². The van der Waals surface area contributed by atoms with Gasteiger partial charge in [-0.2, -0.15) is 13.2 Å². The van der Waals surface area contributed by atoms with Crippen LogP contribution >= 0.6 is 0 Å². The Bertz CT molecular complexity index is 402. The van der Waals surface area contributed by atoms with Gasteiger partial charge in [0.1, 0.15) is 12.4 Å². The summed E-state index contributed by atoms with van der Waals surface area (Å²) in [6.45, 7) is 0.518. The zero-order valence-corrected chi connectivity index (χ0v) is 9.50. The smallest absolute Gasteiger partial charge is 0.465 e. The Morgan fingerprint density at radius 3 is 2.28 bits per heavy atom. The second-order valence-corrected chi connectivity index (χ2v) is 3.34. The van der Waals surface area contributed by atoms with Gasteiger partial charge in [-0.25, -0.2) is 4.39 Å². The molecule has 0 bridgehead atoms. The van der Waals surface area contributed by atoms with E-state index in [-0.39, 0.29) is 17.2 Å². The molecule has 0 fully saturated rings. The lowest BCUT2D eigenvalue weighted by Crippen LogP contribution is -2.42. The Morgan fingerprint density at radius 2 is 1.83 bits per heavy atom. The molecule has 7 heteroatoms. The maximum atomic E-state index is 12.7. The van der Waals surface area contributed by atoms with E-state index < -0.39 is 24.6 Å². The number of hydrogen-bond donors (Lipinski definition) is 0. The van der Waals surface area contributed by atoms with Gasteiger partial charge in [0.25, 0.3) is 0 Å². The first kappa shape index (κ1) is 14.3. The van der Waals surface area contributed by atoms with E-state index in [4.69, 9.17) is 0 Å². The molecule has 0 atom stereocenters. The van der Waals surface area contributed by atoms with Crippen molar-refractivity contribution in [2.45, 2.75) is 13.2 Å². The van der Waals surface area contributed by atoms with Crippen LogP contribution in [0.25, 0.3) is 0 Å². The molecule has 0 aromatic heterocycles. The lowest BCUT2D eigenvalue weighted by Gasteiger charge is -2.25. The molecule has 3 nitrogen and oxygen atoms in total. The van der Waals surface area contributed by atoms with Crippen molar-refractivity contribution in [3.05, 3.63) is 30.1 Å². The van der Waals surface area contributed by atoms with E-state index in [0.717, 1.165) is 24.3 Å². The minimum atomic E-state index is -4.75. The summed E-state index contributed by atoms with van der Waals surface area (Å²) in [5, 5.41) is 0. The number of anilines is 1. The number of nitrogens with zero attached hydrogens (tertiary/aromatic N) is 1. The first-order valence-corrected chi connectivity index (χ1v) is 5.10. The van der Waals surface area contributed by atoms with E-state index in [1.54, 1.807) is 0 Å². The lowest BCUT2D eigenvalue weighted by atomic mass is 10.3. The summed E-state index contributed by atoms with van der Waals surface area (Å²) in [7, 11) is 0. The zero-order chi connectivity index (χ0) is 13.8. The number of hydrogen-bond acceptors (Lipinski definition) is 3. The highest BCUT2D eigenvalue weighted by molar-refractivity contribution is 5.76. The van der Waals surface area contributed by atoms with Gasteiger partial charge in [-0.15, -0.1) is 0 Å². The summed E-state index contributed by atoms with van der Waals surface area (Å²) in [5.74, 6) is -1.66. The number of carbonyl (C=O) groups excluding carboxylic acids is 1. The Hall–Kier alpha value is -1.79. The van der Waals surface area contributed by atoms with Gasteiger partial charge >= 0.3 is 12.3 Å². The average molecular weight is 265 g/mol. The van der Waals surface area contributed by atoms with Crippen molar-refractivity contribution < 1.29 is 27.1 Å². The van der Waals surface area contributed by atoms with Crippen LogP contribution < -0.4 is 4.90 Å². The van der Waals surface area contributed by atoms with Gasteiger partial charge in [-0.3, -0.25) is 9.69 Å². The highest BCUT2D eigenvalue weighted by Crippen LogP contribution is 2.28. The van der Waals surface area contributed by atoms with E-state index >= 15 is 0 Å². The average Bonchev–Trinajstić information content (AvgIpc) is 2.26. The van der Waals surface area contributed by atoms with Gasteiger partial charge in [-0.05, 0) is 31.2 Å². The quantitative estimate of drug-likeness (QED) is 0.476. The van der Waals surface area contributed by atoms with E-state index in [1.807, 2.05) is 0 Å². The third-order valence-corrected chi connectivity index (χ3v) is 2.04. The molecule has 1 rings (SSSR count). The Balaban J connectivity index is 2.92. The van der Waals surface area contributed by atoms with Crippen LogP contribution in [0.1, 0.15) is 6.92 Å². The minimum Gasteiger partial charge on any atom is -0.465 e. The molecule has 100 valence electrons. The maximum absolute atomic E-state index is 12.7. The summed E-state index contributed by atoms with van der Waals surface area (Å²) in [4.78, 5) is 11.0.